The molecule has 0 saturated carbocycles. The van der Waals surface area contributed by atoms with Crippen LogP contribution in [0.4, 0.5) is 11.5 Å². The van der Waals surface area contributed by atoms with Crippen molar-refractivity contribution in [1.29, 1.82) is 0 Å². The monoisotopic (exact) mass is 348 g/mol. The Balaban J connectivity index is 1.67. The van der Waals surface area contributed by atoms with E-state index in [-0.39, 0.29) is 5.91 Å². The van der Waals surface area contributed by atoms with E-state index in [1.165, 1.54) is 6.33 Å². The van der Waals surface area contributed by atoms with Gasteiger partial charge < -0.3 is 15.4 Å². The molecule has 2 N–H and O–H groups in total. The van der Waals surface area contributed by atoms with Crippen molar-refractivity contribution in [2.24, 2.45) is 5.92 Å². The van der Waals surface area contributed by atoms with Gasteiger partial charge in [0.15, 0.2) is 11.6 Å². The third-order valence-corrected chi connectivity index (χ3v) is 4.65. The second-order valence-corrected chi connectivity index (χ2v) is 6.52. The molecule has 0 bridgehead atoms. The number of ether oxygens (including phenoxy) is 1. The minimum Gasteiger partial charge on any atom is -0.491 e. The van der Waals surface area contributed by atoms with Crippen LogP contribution in [0, 0.1) is 5.92 Å². The van der Waals surface area contributed by atoms with E-state index < -0.39 is 0 Å². The van der Waals surface area contributed by atoms with Crippen molar-refractivity contribution in [2.45, 2.75) is 19.9 Å². The first-order chi connectivity index (χ1) is 12.7. The molecule has 1 unspecified atom stereocenters. The van der Waals surface area contributed by atoms with Crippen LogP contribution in [0.25, 0.3) is 5.57 Å². The largest absolute Gasteiger partial charge is 0.491 e. The van der Waals surface area contributed by atoms with Crippen molar-refractivity contribution >= 4 is 23.0 Å². The van der Waals surface area contributed by atoms with Crippen molar-refractivity contribution < 1.29 is 9.53 Å². The summed E-state index contributed by atoms with van der Waals surface area (Å²) in [6.45, 7) is 2.76. The van der Waals surface area contributed by atoms with Gasteiger partial charge in [0.2, 0.25) is 0 Å². The molecule has 6 nitrogen and oxygen atoms in total. The molecule has 2 aliphatic rings. The molecule has 6 heteroatoms. The van der Waals surface area contributed by atoms with Crippen LogP contribution in [-0.2, 0) is 6.54 Å². The first kappa shape index (κ1) is 16.3. The lowest BCUT2D eigenvalue weighted by Gasteiger charge is -2.16. The average molecular weight is 348 g/mol. The van der Waals surface area contributed by atoms with E-state index in [2.05, 4.69) is 45.8 Å². The Morgan fingerprint density at radius 1 is 1.31 bits per heavy atom. The lowest BCUT2D eigenvalue weighted by atomic mass is 9.96. The van der Waals surface area contributed by atoms with Gasteiger partial charge in [0.05, 0.1) is 7.11 Å². The molecule has 1 aromatic carbocycles. The Labute approximate surface area is 152 Å². The number of aromatic nitrogens is 2. The first-order valence-electron chi connectivity index (χ1n) is 8.61. The molecule has 0 fully saturated rings. The molecule has 1 atom stereocenters. The number of rotatable bonds is 4. The highest BCUT2D eigenvalue weighted by molar-refractivity contribution is 5.99. The van der Waals surface area contributed by atoms with Gasteiger partial charge >= 0.3 is 0 Å². The van der Waals surface area contributed by atoms with Crippen molar-refractivity contribution in [3.8, 4) is 5.75 Å². The maximum Gasteiger partial charge on any atom is 0.251 e. The van der Waals surface area contributed by atoms with Crippen molar-refractivity contribution in [2.75, 3.05) is 12.4 Å². The second kappa shape index (κ2) is 6.63. The molecule has 0 saturated heterocycles. The molecule has 1 aliphatic carbocycles. The molecular formula is C20H20N4O2. The van der Waals surface area contributed by atoms with Crippen molar-refractivity contribution in [3.05, 3.63) is 59.6 Å². The highest BCUT2D eigenvalue weighted by atomic mass is 16.5. The molecule has 2 heterocycles. The smallest absolute Gasteiger partial charge is 0.251 e. The molecule has 4 rings (SSSR count). The van der Waals surface area contributed by atoms with Crippen molar-refractivity contribution in [1.82, 2.24) is 15.3 Å². The maximum atomic E-state index is 11.9. The highest BCUT2D eigenvalue weighted by Crippen LogP contribution is 2.35. The summed E-state index contributed by atoms with van der Waals surface area (Å²) in [5.74, 6) is 1.64. The first-order valence-corrected chi connectivity index (χ1v) is 8.61. The Morgan fingerprint density at radius 2 is 2.19 bits per heavy atom. The van der Waals surface area contributed by atoms with E-state index in [1.54, 1.807) is 7.11 Å². The van der Waals surface area contributed by atoms with Crippen LogP contribution in [0.5, 0.6) is 5.75 Å². The number of nitrogens with one attached hydrogen (secondary N) is 2. The van der Waals surface area contributed by atoms with Crippen LogP contribution < -0.4 is 15.4 Å². The summed E-state index contributed by atoms with van der Waals surface area (Å²) in [5.41, 5.74) is 4.26. The number of nitrogens with zero attached hydrogens (tertiary/aromatic N) is 2. The Kier molecular flexibility index (Phi) is 4.16. The maximum absolute atomic E-state index is 11.9. The Hall–Kier alpha value is -3.15. The minimum atomic E-state index is -0.0504. The predicted molar refractivity (Wildman–Crippen MR) is 100 cm³/mol. The van der Waals surface area contributed by atoms with Gasteiger partial charge in [-0.1, -0.05) is 31.2 Å². The van der Waals surface area contributed by atoms with Gasteiger partial charge in [-0.15, -0.1) is 0 Å². The summed E-state index contributed by atoms with van der Waals surface area (Å²) in [6, 6.07) is 5.71. The molecule has 1 aliphatic heterocycles. The van der Waals surface area contributed by atoms with Crippen LogP contribution in [0.2, 0.25) is 0 Å². The quantitative estimate of drug-likeness (QED) is 0.885. The number of hydrogen-bond donors (Lipinski definition) is 2. The predicted octanol–water partition coefficient (Wildman–Crippen LogP) is 3.45. The van der Waals surface area contributed by atoms with Crippen LogP contribution in [-0.4, -0.2) is 23.0 Å². The van der Waals surface area contributed by atoms with E-state index in [9.17, 15) is 4.79 Å². The molecule has 1 aromatic heterocycles. The number of benzene rings is 1. The van der Waals surface area contributed by atoms with E-state index >= 15 is 0 Å². The summed E-state index contributed by atoms with van der Waals surface area (Å²) in [5, 5.41) is 6.08. The van der Waals surface area contributed by atoms with Gasteiger partial charge in [0, 0.05) is 17.8 Å². The topological polar surface area (TPSA) is 76.1 Å². The molecular weight excluding hydrogens is 328 g/mol. The summed E-state index contributed by atoms with van der Waals surface area (Å²) < 4.78 is 5.60. The average Bonchev–Trinajstić information content (AvgIpc) is 3.03. The number of hydrogen-bond acceptors (Lipinski definition) is 5. The van der Waals surface area contributed by atoms with Crippen LogP contribution >= 0.6 is 0 Å². The SMILES string of the molecule is COc1c(Nc2ccc3c(c2)C(=O)NC3)ncnc1C1=CCC(C)C=C1. The molecule has 0 spiro atoms. The number of allylic oxidation sites excluding steroid dienone is 4. The molecule has 132 valence electrons. The zero-order valence-electron chi connectivity index (χ0n) is 14.7. The van der Waals surface area contributed by atoms with E-state index in [4.69, 9.17) is 4.74 Å². The van der Waals surface area contributed by atoms with Crippen LogP contribution in [0.3, 0.4) is 0 Å². The fraction of sp³-hybridized carbons (Fsp3) is 0.250. The molecule has 0 radical (unpaired) electrons. The number of amides is 1. The number of fused-ring (bicyclic) bond motifs is 1. The van der Waals surface area contributed by atoms with E-state index in [0.29, 0.717) is 29.6 Å². The zero-order valence-corrected chi connectivity index (χ0v) is 14.7. The van der Waals surface area contributed by atoms with Gasteiger partial charge in [-0.25, -0.2) is 9.97 Å². The number of carbonyl (C=O) groups is 1. The zero-order chi connectivity index (χ0) is 18.1. The highest BCUT2D eigenvalue weighted by Gasteiger charge is 2.20. The van der Waals surface area contributed by atoms with Gasteiger partial charge in [0.25, 0.3) is 5.91 Å². The van der Waals surface area contributed by atoms with Crippen LogP contribution in [0.15, 0.2) is 42.8 Å². The Bertz CT molecular complexity index is 933. The summed E-state index contributed by atoms with van der Waals surface area (Å²) in [4.78, 5) is 20.6. The third-order valence-electron chi connectivity index (χ3n) is 4.65. The summed E-state index contributed by atoms with van der Waals surface area (Å²) >= 11 is 0. The molecule has 1 amide bonds. The van der Waals surface area contributed by atoms with Crippen molar-refractivity contribution in [3.63, 3.8) is 0 Å². The van der Waals surface area contributed by atoms with E-state index in [0.717, 1.165) is 28.9 Å². The minimum absolute atomic E-state index is 0.0504. The number of carbonyl (C=O) groups excluding carboxylic acids is 1. The second-order valence-electron chi connectivity index (χ2n) is 6.52. The third kappa shape index (κ3) is 2.94. The van der Waals surface area contributed by atoms with Crippen LogP contribution in [0.1, 0.15) is 35.0 Å². The van der Waals surface area contributed by atoms with E-state index in [1.807, 2.05) is 18.2 Å². The van der Waals surface area contributed by atoms with Gasteiger partial charge in [-0.3, -0.25) is 4.79 Å². The summed E-state index contributed by atoms with van der Waals surface area (Å²) in [7, 11) is 1.61. The Morgan fingerprint density at radius 3 is 2.96 bits per heavy atom. The lowest BCUT2D eigenvalue weighted by Crippen LogP contribution is -2.12. The molecule has 26 heavy (non-hydrogen) atoms. The number of anilines is 2. The number of methoxy groups -OCH3 is 1. The fourth-order valence-electron chi connectivity index (χ4n) is 3.19. The standard InChI is InChI=1S/C20H20N4O2/c1-12-3-5-13(6-4-12)17-18(26-2)19(23-11-22-17)24-15-8-7-14-10-21-20(25)16(14)9-15/h3,5-9,11-12H,4,10H2,1-2H3,(H,21,25)(H,22,23,24). The lowest BCUT2D eigenvalue weighted by molar-refractivity contribution is 0.0966. The van der Waals surface area contributed by atoms with Gasteiger partial charge in [-0.05, 0) is 35.6 Å². The molecule has 2 aromatic rings. The van der Waals surface area contributed by atoms with Gasteiger partial charge in [0.1, 0.15) is 12.0 Å². The summed E-state index contributed by atoms with van der Waals surface area (Å²) in [6.07, 6.45) is 8.90. The fourth-order valence-corrected chi connectivity index (χ4v) is 3.19. The van der Waals surface area contributed by atoms with Gasteiger partial charge in [-0.2, -0.15) is 0 Å². The normalized spacial score (nSPS) is 18.2.